The third-order valence-electron chi connectivity index (χ3n) is 4.32. The summed E-state index contributed by atoms with van der Waals surface area (Å²) in [6, 6.07) is 13.8. The van der Waals surface area contributed by atoms with Crippen molar-refractivity contribution < 1.29 is 22.8 Å². The lowest BCUT2D eigenvalue weighted by molar-refractivity contribution is -0.138. The van der Waals surface area contributed by atoms with E-state index in [2.05, 4.69) is 10.3 Å². The quantitative estimate of drug-likeness (QED) is 0.469. The first-order valence-electron chi connectivity index (χ1n) is 8.75. The highest BCUT2D eigenvalue weighted by molar-refractivity contribution is 6.11. The maximum absolute atomic E-state index is 12.8. The fourth-order valence-electron chi connectivity index (χ4n) is 2.92. The average molecular weight is 398 g/mol. The number of hydrogen-bond acceptors (Lipinski definition) is 3. The molecular weight excluding hydrogens is 381 g/mol. The highest BCUT2D eigenvalue weighted by Gasteiger charge is 2.32. The summed E-state index contributed by atoms with van der Waals surface area (Å²) in [5, 5.41) is 2.47. The summed E-state index contributed by atoms with van der Waals surface area (Å²) < 4.78 is 38.5. The van der Waals surface area contributed by atoms with Crippen LogP contribution in [0.4, 0.5) is 18.9 Å². The molecule has 0 unspecified atom stereocenters. The summed E-state index contributed by atoms with van der Waals surface area (Å²) >= 11 is 0. The molecular formula is C22H17F3N2O2. The summed E-state index contributed by atoms with van der Waals surface area (Å²) in [4.78, 5) is 28.7. The van der Waals surface area contributed by atoms with Crippen molar-refractivity contribution in [2.24, 2.45) is 0 Å². The van der Waals surface area contributed by atoms with E-state index < -0.39 is 29.9 Å². The number of hydrogen-bond donors (Lipinski definition) is 1. The number of ketones is 1. The standard InChI is InChI=1S/C22H17F3N2O2/c1-14-10-18(7-8-19(14)22(23,24)25)27-21(29)12-20(28)16-5-2-4-15(11-16)17-6-3-9-26-13-17/h2-11,13H,12H2,1H3,(H,27,29). The summed E-state index contributed by atoms with van der Waals surface area (Å²) in [5.74, 6) is -0.988. The lowest BCUT2D eigenvalue weighted by atomic mass is 10.0. The normalized spacial score (nSPS) is 11.2. The number of rotatable bonds is 5. The molecule has 148 valence electrons. The molecule has 1 N–H and O–H groups in total. The largest absolute Gasteiger partial charge is 0.416 e. The van der Waals surface area contributed by atoms with Gasteiger partial charge in [-0.05, 0) is 48.4 Å². The summed E-state index contributed by atoms with van der Waals surface area (Å²) in [5.41, 5.74) is 1.43. The first kappa shape index (κ1) is 20.3. The predicted molar refractivity (Wildman–Crippen MR) is 103 cm³/mol. The summed E-state index contributed by atoms with van der Waals surface area (Å²) in [7, 11) is 0. The van der Waals surface area contributed by atoms with Crippen LogP contribution in [-0.2, 0) is 11.0 Å². The average Bonchev–Trinajstić information content (AvgIpc) is 2.67. The number of aryl methyl sites for hydroxylation is 1. The maximum Gasteiger partial charge on any atom is 0.416 e. The monoisotopic (exact) mass is 398 g/mol. The number of halogens is 3. The molecule has 0 saturated heterocycles. The molecule has 1 heterocycles. The molecule has 0 saturated carbocycles. The number of nitrogens with zero attached hydrogens (tertiary/aromatic N) is 1. The van der Waals surface area contributed by atoms with Crippen LogP contribution >= 0.6 is 0 Å². The van der Waals surface area contributed by atoms with Crippen molar-refractivity contribution in [3.63, 3.8) is 0 Å². The molecule has 4 nitrogen and oxygen atoms in total. The Kier molecular flexibility index (Phi) is 5.77. The van der Waals surface area contributed by atoms with Crippen molar-refractivity contribution in [3.05, 3.63) is 83.7 Å². The van der Waals surface area contributed by atoms with Gasteiger partial charge >= 0.3 is 6.18 Å². The van der Waals surface area contributed by atoms with E-state index in [9.17, 15) is 22.8 Å². The fourth-order valence-corrected chi connectivity index (χ4v) is 2.92. The van der Waals surface area contributed by atoms with Gasteiger partial charge in [-0.25, -0.2) is 0 Å². The van der Waals surface area contributed by atoms with Crippen LogP contribution < -0.4 is 5.32 Å². The number of carbonyl (C=O) groups is 2. The van der Waals surface area contributed by atoms with Gasteiger partial charge in [0, 0.05) is 29.2 Å². The van der Waals surface area contributed by atoms with Gasteiger partial charge in [0.1, 0.15) is 0 Å². The Balaban J connectivity index is 1.69. The molecule has 0 aliphatic carbocycles. The molecule has 7 heteroatoms. The smallest absolute Gasteiger partial charge is 0.326 e. The van der Waals surface area contributed by atoms with Gasteiger partial charge in [0.25, 0.3) is 0 Å². The van der Waals surface area contributed by atoms with Crippen LogP contribution in [0, 0.1) is 6.92 Å². The van der Waals surface area contributed by atoms with Gasteiger partial charge in [-0.3, -0.25) is 14.6 Å². The molecule has 0 aliphatic rings. The number of carbonyl (C=O) groups excluding carboxylic acids is 2. The zero-order valence-corrected chi connectivity index (χ0v) is 15.5. The number of aromatic nitrogens is 1. The van der Waals surface area contributed by atoms with E-state index in [1.807, 2.05) is 12.1 Å². The van der Waals surface area contributed by atoms with E-state index in [4.69, 9.17) is 0 Å². The molecule has 0 fully saturated rings. The first-order chi connectivity index (χ1) is 13.7. The van der Waals surface area contributed by atoms with E-state index in [1.165, 1.54) is 19.1 Å². The number of benzene rings is 2. The van der Waals surface area contributed by atoms with Crippen LogP contribution in [-0.4, -0.2) is 16.7 Å². The Morgan fingerprint density at radius 2 is 1.76 bits per heavy atom. The number of alkyl halides is 3. The number of amides is 1. The van der Waals surface area contributed by atoms with E-state index in [0.717, 1.165) is 17.2 Å². The second-order valence-corrected chi connectivity index (χ2v) is 6.50. The zero-order chi connectivity index (χ0) is 21.0. The Labute approximate surface area is 165 Å². The van der Waals surface area contributed by atoms with Crippen LogP contribution in [0.2, 0.25) is 0 Å². The summed E-state index contributed by atoms with van der Waals surface area (Å²) in [6.45, 7) is 1.31. The topological polar surface area (TPSA) is 59.1 Å². The molecule has 0 bridgehead atoms. The Morgan fingerprint density at radius 1 is 1.00 bits per heavy atom. The highest BCUT2D eigenvalue weighted by atomic mass is 19.4. The number of anilines is 1. The minimum absolute atomic E-state index is 0.00852. The van der Waals surface area contributed by atoms with Crippen molar-refractivity contribution in [3.8, 4) is 11.1 Å². The number of Topliss-reactive ketones (excluding diaryl/α,β-unsaturated/α-hetero) is 1. The van der Waals surface area contributed by atoms with Crippen LogP contribution in [0.1, 0.15) is 27.9 Å². The molecule has 29 heavy (non-hydrogen) atoms. The summed E-state index contributed by atoms with van der Waals surface area (Å²) in [6.07, 6.45) is -1.56. The SMILES string of the molecule is Cc1cc(NC(=O)CC(=O)c2cccc(-c3cccnc3)c2)ccc1C(F)(F)F. The Morgan fingerprint density at radius 3 is 2.41 bits per heavy atom. The van der Waals surface area contributed by atoms with Gasteiger partial charge in [0.2, 0.25) is 5.91 Å². The van der Waals surface area contributed by atoms with Crippen molar-refractivity contribution in [1.29, 1.82) is 0 Å². The van der Waals surface area contributed by atoms with Crippen molar-refractivity contribution in [2.45, 2.75) is 19.5 Å². The van der Waals surface area contributed by atoms with Crippen LogP contribution in [0.15, 0.2) is 67.0 Å². The Bertz CT molecular complexity index is 1050. The lowest BCUT2D eigenvalue weighted by Gasteiger charge is -2.12. The van der Waals surface area contributed by atoms with Gasteiger partial charge in [-0.1, -0.05) is 24.3 Å². The lowest BCUT2D eigenvalue weighted by Crippen LogP contribution is -2.17. The van der Waals surface area contributed by atoms with Gasteiger partial charge in [-0.2, -0.15) is 13.2 Å². The number of nitrogens with one attached hydrogen (secondary N) is 1. The van der Waals surface area contributed by atoms with Gasteiger partial charge < -0.3 is 5.32 Å². The van der Waals surface area contributed by atoms with Gasteiger partial charge in [-0.15, -0.1) is 0 Å². The van der Waals surface area contributed by atoms with E-state index in [0.29, 0.717) is 5.56 Å². The predicted octanol–water partition coefficient (Wildman–Crippen LogP) is 5.29. The first-order valence-corrected chi connectivity index (χ1v) is 8.75. The molecule has 0 spiro atoms. The Hall–Kier alpha value is -3.48. The molecule has 2 aromatic carbocycles. The third-order valence-corrected chi connectivity index (χ3v) is 4.32. The molecule has 0 aliphatic heterocycles. The molecule has 1 aromatic heterocycles. The van der Waals surface area contributed by atoms with Crippen LogP contribution in [0.3, 0.4) is 0 Å². The fraction of sp³-hybridized carbons (Fsp3) is 0.136. The van der Waals surface area contributed by atoms with Crippen molar-refractivity contribution >= 4 is 17.4 Å². The van der Waals surface area contributed by atoms with E-state index in [1.54, 1.807) is 36.7 Å². The maximum atomic E-state index is 12.8. The van der Waals surface area contributed by atoms with Gasteiger partial charge in [0.15, 0.2) is 5.78 Å². The molecule has 3 aromatic rings. The van der Waals surface area contributed by atoms with E-state index >= 15 is 0 Å². The molecule has 1 amide bonds. The van der Waals surface area contributed by atoms with Crippen LogP contribution in [0.25, 0.3) is 11.1 Å². The molecule has 0 radical (unpaired) electrons. The van der Waals surface area contributed by atoms with E-state index in [-0.39, 0.29) is 11.3 Å². The number of pyridine rings is 1. The second-order valence-electron chi connectivity index (χ2n) is 6.50. The highest BCUT2D eigenvalue weighted by Crippen LogP contribution is 2.32. The molecule has 0 atom stereocenters. The minimum Gasteiger partial charge on any atom is -0.326 e. The minimum atomic E-state index is -4.46. The third kappa shape index (κ3) is 5.07. The van der Waals surface area contributed by atoms with Crippen molar-refractivity contribution in [2.75, 3.05) is 5.32 Å². The van der Waals surface area contributed by atoms with Crippen LogP contribution in [0.5, 0.6) is 0 Å². The van der Waals surface area contributed by atoms with Crippen molar-refractivity contribution in [1.82, 2.24) is 4.98 Å². The zero-order valence-electron chi connectivity index (χ0n) is 15.5. The second kappa shape index (κ2) is 8.26. The van der Waals surface area contributed by atoms with Gasteiger partial charge in [0.05, 0.1) is 12.0 Å². The molecule has 3 rings (SSSR count).